The van der Waals surface area contributed by atoms with E-state index in [1.165, 1.54) is 0 Å². The second-order valence-electron chi connectivity index (χ2n) is 11.4. The Kier molecular flexibility index (Phi) is 8.82. The fourth-order valence-corrected chi connectivity index (χ4v) is 7.23. The standard InChI is InChI=1S/C32H39FN4O4S/c1-4-5-14-29-34-32(17-8-9-18-32)31(38)37(29)21-24-15-16-26(25(20-24)11-10-19-33)27-12-6-7-13-28(27)42(39,40)36-30-22(2)23(3)35-41-30/h6-7,12-13,15-16,20,36H,4-5,8-11,14,17-19,21H2,1-3H3. The van der Waals surface area contributed by atoms with Crippen molar-refractivity contribution in [1.29, 1.82) is 0 Å². The highest BCUT2D eigenvalue weighted by Gasteiger charge is 2.49. The number of amides is 1. The molecule has 224 valence electrons. The molecule has 0 atom stereocenters. The first kappa shape index (κ1) is 29.9. The molecule has 0 saturated heterocycles. The molecule has 1 aromatic heterocycles. The van der Waals surface area contributed by atoms with Crippen molar-refractivity contribution in [3.8, 4) is 11.1 Å². The summed E-state index contributed by atoms with van der Waals surface area (Å²) in [6, 6.07) is 12.5. The largest absolute Gasteiger partial charge is 0.337 e. The van der Waals surface area contributed by atoms with Gasteiger partial charge in [0.15, 0.2) is 0 Å². The van der Waals surface area contributed by atoms with Crippen LogP contribution in [-0.4, -0.2) is 42.4 Å². The SMILES string of the molecule is CCCCC1=NC2(CCCC2)C(=O)N1Cc1ccc(-c2ccccc2S(=O)(=O)Nc2onc(C)c2C)c(CCCF)c1. The average Bonchev–Trinajstić information content (AvgIpc) is 3.66. The van der Waals surface area contributed by atoms with Gasteiger partial charge < -0.3 is 4.52 Å². The van der Waals surface area contributed by atoms with E-state index in [2.05, 4.69) is 16.8 Å². The lowest BCUT2D eigenvalue weighted by atomic mass is 9.94. The maximum absolute atomic E-state index is 13.7. The second kappa shape index (κ2) is 12.4. The Morgan fingerprint density at radius 3 is 2.50 bits per heavy atom. The number of aliphatic imine (C=N–C) groups is 1. The molecule has 1 aliphatic carbocycles. The van der Waals surface area contributed by atoms with Crippen molar-refractivity contribution < 1.29 is 22.1 Å². The maximum Gasteiger partial charge on any atom is 0.264 e. The van der Waals surface area contributed by atoms with Crippen LogP contribution in [0.5, 0.6) is 0 Å². The van der Waals surface area contributed by atoms with E-state index in [9.17, 15) is 17.6 Å². The average molecular weight is 595 g/mol. The Morgan fingerprint density at radius 1 is 1.05 bits per heavy atom. The van der Waals surface area contributed by atoms with Crippen molar-refractivity contribution in [1.82, 2.24) is 10.1 Å². The molecule has 2 aliphatic rings. The number of aryl methyl sites for hydroxylation is 2. The van der Waals surface area contributed by atoms with E-state index in [-0.39, 0.29) is 16.7 Å². The summed E-state index contributed by atoms with van der Waals surface area (Å²) in [6.45, 7) is 5.50. The molecule has 1 aliphatic heterocycles. The predicted octanol–water partition coefficient (Wildman–Crippen LogP) is 6.91. The van der Waals surface area contributed by atoms with Gasteiger partial charge in [0.1, 0.15) is 11.4 Å². The molecule has 5 rings (SSSR count). The number of nitrogens with one attached hydrogen (secondary N) is 1. The minimum Gasteiger partial charge on any atom is -0.337 e. The molecule has 0 radical (unpaired) electrons. The van der Waals surface area contributed by atoms with Crippen molar-refractivity contribution in [2.24, 2.45) is 4.99 Å². The first-order valence-electron chi connectivity index (χ1n) is 14.8. The summed E-state index contributed by atoms with van der Waals surface area (Å²) in [6.07, 6.45) is 7.09. The van der Waals surface area contributed by atoms with Gasteiger partial charge in [0, 0.05) is 17.5 Å². The number of rotatable bonds is 12. The number of carbonyl (C=O) groups is 1. The van der Waals surface area contributed by atoms with E-state index in [4.69, 9.17) is 9.52 Å². The maximum atomic E-state index is 13.7. The van der Waals surface area contributed by atoms with Gasteiger partial charge in [-0.05, 0) is 68.7 Å². The molecule has 10 heteroatoms. The molecule has 2 heterocycles. The number of hydrogen-bond acceptors (Lipinski definition) is 6. The molecule has 1 N–H and O–H groups in total. The van der Waals surface area contributed by atoms with E-state index in [0.717, 1.165) is 61.9 Å². The van der Waals surface area contributed by atoms with Gasteiger partial charge in [0.2, 0.25) is 5.88 Å². The Hall–Kier alpha value is -3.53. The first-order chi connectivity index (χ1) is 20.2. The number of benzene rings is 2. The Bertz CT molecular complexity index is 1590. The number of amidine groups is 1. The lowest BCUT2D eigenvalue weighted by molar-refractivity contribution is -0.131. The predicted molar refractivity (Wildman–Crippen MR) is 162 cm³/mol. The molecule has 42 heavy (non-hydrogen) atoms. The van der Waals surface area contributed by atoms with Crippen LogP contribution in [0.2, 0.25) is 0 Å². The molecule has 1 saturated carbocycles. The van der Waals surface area contributed by atoms with Crippen molar-refractivity contribution in [3.05, 3.63) is 64.8 Å². The minimum atomic E-state index is -4.03. The van der Waals surface area contributed by atoms with Crippen LogP contribution < -0.4 is 4.72 Å². The van der Waals surface area contributed by atoms with E-state index in [1.807, 2.05) is 23.1 Å². The van der Waals surface area contributed by atoms with Gasteiger partial charge in [-0.2, -0.15) is 0 Å². The number of unbranched alkanes of at least 4 members (excludes halogenated alkanes) is 1. The number of carbonyl (C=O) groups excluding carboxylic acids is 1. The zero-order valence-electron chi connectivity index (χ0n) is 24.6. The third kappa shape index (κ3) is 5.86. The van der Waals surface area contributed by atoms with Gasteiger partial charge in [0.25, 0.3) is 15.9 Å². The molecule has 0 unspecified atom stereocenters. The van der Waals surface area contributed by atoms with Crippen LogP contribution in [0.25, 0.3) is 11.1 Å². The number of hydrogen-bond donors (Lipinski definition) is 1. The smallest absolute Gasteiger partial charge is 0.264 e. The zero-order chi connectivity index (χ0) is 29.9. The lowest BCUT2D eigenvalue weighted by Gasteiger charge is -2.23. The van der Waals surface area contributed by atoms with Crippen molar-refractivity contribution in [2.45, 2.75) is 95.5 Å². The molecular weight excluding hydrogens is 555 g/mol. The van der Waals surface area contributed by atoms with Crippen LogP contribution in [0, 0.1) is 13.8 Å². The Balaban J connectivity index is 1.49. The lowest BCUT2D eigenvalue weighted by Crippen LogP contribution is -2.40. The van der Waals surface area contributed by atoms with Crippen LogP contribution in [0.1, 0.15) is 80.7 Å². The second-order valence-corrected chi connectivity index (χ2v) is 13.0. The summed E-state index contributed by atoms with van der Waals surface area (Å²) in [5.41, 5.74) is 3.55. The number of alkyl halides is 1. The Labute approximate surface area is 247 Å². The molecule has 1 spiro atoms. The Morgan fingerprint density at radius 2 is 1.81 bits per heavy atom. The quantitative estimate of drug-likeness (QED) is 0.245. The normalized spacial score (nSPS) is 16.4. The highest BCUT2D eigenvalue weighted by Crippen LogP contribution is 2.40. The van der Waals surface area contributed by atoms with Crippen molar-refractivity contribution in [2.75, 3.05) is 11.4 Å². The monoisotopic (exact) mass is 594 g/mol. The van der Waals surface area contributed by atoms with Crippen LogP contribution in [0.15, 0.2) is 56.9 Å². The van der Waals surface area contributed by atoms with E-state index >= 15 is 0 Å². The third-order valence-corrected chi connectivity index (χ3v) is 9.81. The number of sulfonamides is 1. The van der Waals surface area contributed by atoms with Gasteiger partial charge in [-0.25, -0.2) is 13.1 Å². The number of nitrogens with zero attached hydrogens (tertiary/aromatic N) is 3. The van der Waals surface area contributed by atoms with Crippen LogP contribution >= 0.6 is 0 Å². The number of anilines is 1. The fourth-order valence-electron chi connectivity index (χ4n) is 5.96. The molecule has 1 fully saturated rings. The van der Waals surface area contributed by atoms with Crippen LogP contribution in [0.3, 0.4) is 0 Å². The summed E-state index contributed by atoms with van der Waals surface area (Å²) in [4.78, 5) is 20.6. The number of aromatic nitrogens is 1. The summed E-state index contributed by atoms with van der Waals surface area (Å²) in [5.74, 6) is 1.02. The third-order valence-electron chi connectivity index (χ3n) is 8.42. The molecule has 1 amide bonds. The summed E-state index contributed by atoms with van der Waals surface area (Å²) in [5, 5.41) is 3.85. The van der Waals surface area contributed by atoms with Gasteiger partial charge in [0.05, 0.1) is 23.8 Å². The molecular formula is C32H39FN4O4S. The fraction of sp³-hybridized carbons (Fsp3) is 0.469. The molecule has 8 nitrogen and oxygen atoms in total. The van der Waals surface area contributed by atoms with Gasteiger partial charge in [-0.15, -0.1) is 0 Å². The van der Waals surface area contributed by atoms with Crippen molar-refractivity contribution in [3.63, 3.8) is 0 Å². The highest BCUT2D eigenvalue weighted by molar-refractivity contribution is 7.92. The highest BCUT2D eigenvalue weighted by atomic mass is 32.2. The molecule has 2 aromatic carbocycles. The van der Waals surface area contributed by atoms with Gasteiger partial charge in [-0.1, -0.05) is 67.7 Å². The summed E-state index contributed by atoms with van der Waals surface area (Å²) in [7, 11) is -4.03. The van der Waals surface area contributed by atoms with Crippen molar-refractivity contribution >= 4 is 27.7 Å². The van der Waals surface area contributed by atoms with Gasteiger partial charge in [-0.3, -0.25) is 19.1 Å². The van der Waals surface area contributed by atoms with E-state index < -0.39 is 22.2 Å². The van der Waals surface area contributed by atoms with Crippen LogP contribution in [0.4, 0.5) is 10.3 Å². The van der Waals surface area contributed by atoms with Crippen LogP contribution in [-0.2, 0) is 27.8 Å². The summed E-state index contributed by atoms with van der Waals surface area (Å²) < 4.78 is 48.2. The molecule has 3 aromatic rings. The topological polar surface area (TPSA) is 105 Å². The molecule has 0 bridgehead atoms. The number of halogens is 1. The first-order valence-corrected chi connectivity index (χ1v) is 16.3. The van der Waals surface area contributed by atoms with Gasteiger partial charge >= 0.3 is 0 Å². The van der Waals surface area contributed by atoms with E-state index in [1.54, 1.807) is 38.1 Å². The zero-order valence-corrected chi connectivity index (χ0v) is 25.4. The summed E-state index contributed by atoms with van der Waals surface area (Å²) >= 11 is 0. The minimum absolute atomic E-state index is 0.0751. The van der Waals surface area contributed by atoms with E-state index in [0.29, 0.717) is 41.8 Å².